The molecule has 3 unspecified atom stereocenters. The molecular weight excluding hydrogens is 497 g/mol. The Bertz CT molecular complexity index is 1760. The van der Waals surface area contributed by atoms with E-state index >= 15 is 4.39 Å². The topological polar surface area (TPSA) is 118 Å². The first-order valence-electron chi connectivity index (χ1n) is 12.8. The van der Waals surface area contributed by atoms with E-state index in [1.54, 1.807) is 43.6 Å². The molecule has 3 N–H and O–H groups in total. The Morgan fingerprint density at radius 2 is 2.00 bits per heavy atom. The molecule has 10 heteroatoms. The molecule has 0 bridgehead atoms. The third-order valence-corrected chi connectivity index (χ3v) is 8.63. The van der Waals surface area contributed by atoms with Gasteiger partial charge in [0.05, 0.1) is 11.1 Å². The largest absolute Gasteiger partial charge is 0.382 e. The van der Waals surface area contributed by atoms with Crippen molar-refractivity contribution in [3.63, 3.8) is 0 Å². The van der Waals surface area contributed by atoms with Crippen LogP contribution >= 0.6 is 0 Å². The van der Waals surface area contributed by atoms with Gasteiger partial charge in [-0.3, -0.25) is 14.0 Å². The third kappa shape index (κ3) is 2.98. The summed E-state index contributed by atoms with van der Waals surface area (Å²) < 4.78 is 17.2. The molecule has 0 radical (unpaired) electrons. The molecule has 1 aromatic carbocycles. The summed E-state index contributed by atoms with van der Waals surface area (Å²) in [5.74, 6) is 5.60. The number of nitrogen functional groups attached to an aromatic ring is 1. The van der Waals surface area contributed by atoms with Crippen molar-refractivity contribution in [3.8, 4) is 23.1 Å². The molecule has 9 nitrogen and oxygen atoms in total. The number of piperidine rings is 1. The Labute approximate surface area is 223 Å². The van der Waals surface area contributed by atoms with Crippen molar-refractivity contribution in [3.05, 3.63) is 72.2 Å². The van der Waals surface area contributed by atoms with Crippen molar-refractivity contribution in [1.29, 1.82) is 0 Å². The minimum atomic E-state index is -0.706. The number of carbonyl (C=O) groups is 2. The quantitative estimate of drug-likeness (QED) is 0.312. The van der Waals surface area contributed by atoms with Crippen molar-refractivity contribution in [2.45, 2.75) is 43.7 Å². The van der Waals surface area contributed by atoms with Gasteiger partial charge in [-0.15, -0.1) is 0 Å². The van der Waals surface area contributed by atoms with Gasteiger partial charge in [0, 0.05) is 24.2 Å². The summed E-state index contributed by atoms with van der Waals surface area (Å²) in [5.41, 5.74) is 6.77. The normalized spacial score (nSPS) is 24.3. The minimum absolute atomic E-state index is 0.123. The van der Waals surface area contributed by atoms with Gasteiger partial charge in [-0.1, -0.05) is 18.1 Å². The van der Waals surface area contributed by atoms with Crippen LogP contribution in [0.1, 0.15) is 48.8 Å². The fourth-order valence-electron chi connectivity index (χ4n) is 6.98. The molecule has 1 saturated heterocycles. The zero-order valence-corrected chi connectivity index (χ0v) is 21.1. The van der Waals surface area contributed by atoms with Crippen molar-refractivity contribution < 1.29 is 14.0 Å². The van der Waals surface area contributed by atoms with E-state index in [4.69, 9.17) is 10.7 Å². The van der Waals surface area contributed by atoms with Crippen LogP contribution in [0.15, 0.2) is 55.0 Å². The first-order chi connectivity index (χ1) is 18.9. The average Bonchev–Trinajstić information content (AvgIpc) is 3.26. The summed E-state index contributed by atoms with van der Waals surface area (Å²) >= 11 is 0. The summed E-state index contributed by atoms with van der Waals surface area (Å²) in [5, 5.41) is 2.60. The van der Waals surface area contributed by atoms with E-state index in [0.717, 1.165) is 25.7 Å². The van der Waals surface area contributed by atoms with Gasteiger partial charge in [0.2, 0.25) is 0 Å². The molecular formula is C29H24FN7O2. The Morgan fingerprint density at radius 3 is 2.72 bits per heavy atom. The van der Waals surface area contributed by atoms with E-state index in [1.165, 1.54) is 18.3 Å². The number of hydrogen-bond donors (Lipinski definition) is 2. The van der Waals surface area contributed by atoms with Gasteiger partial charge in [0.15, 0.2) is 0 Å². The minimum Gasteiger partial charge on any atom is -0.382 e. The first-order valence-corrected chi connectivity index (χ1v) is 12.8. The lowest BCUT2D eigenvalue weighted by Gasteiger charge is -2.34. The Balaban J connectivity index is 1.33. The summed E-state index contributed by atoms with van der Waals surface area (Å²) in [6.07, 6.45) is 8.66. The Hall–Kier alpha value is -4.78. The van der Waals surface area contributed by atoms with Crippen LogP contribution in [0.3, 0.4) is 0 Å². The number of likely N-dealkylation sites (tertiary alicyclic amines) is 1. The highest BCUT2D eigenvalue weighted by Gasteiger charge is 2.87. The number of amides is 2. The zero-order valence-electron chi connectivity index (χ0n) is 21.1. The van der Waals surface area contributed by atoms with Gasteiger partial charge >= 0.3 is 0 Å². The van der Waals surface area contributed by atoms with Crippen LogP contribution in [-0.2, 0) is 10.3 Å². The number of imidazole rings is 1. The summed E-state index contributed by atoms with van der Waals surface area (Å²) in [6.45, 7) is 1.66. The number of pyridine rings is 1. The van der Waals surface area contributed by atoms with Crippen molar-refractivity contribution in [2.24, 2.45) is 5.92 Å². The van der Waals surface area contributed by atoms with Crippen molar-refractivity contribution in [1.82, 2.24) is 24.3 Å². The highest BCUT2D eigenvalue weighted by Crippen LogP contribution is 2.77. The van der Waals surface area contributed by atoms with E-state index in [-0.39, 0.29) is 22.8 Å². The maximum absolute atomic E-state index is 15.3. The van der Waals surface area contributed by atoms with Crippen LogP contribution in [0, 0.1) is 23.6 Å². The molecule has 3 atom stereocenters. The van der Waals surface area contributed by atoms with Gasteiger partial charge in [-0.05, 0) is 68.7 Å². The third-order valence-electron chi connectivity index (χ3n) is 8.63. The average molecular weight is 522 g/mol. The second kappa shape index (κ2) is 8.11. The number of aromatic nitrogens is 4. The van der Waals surface area contributed by atoms with Crippen molar-refractivity contribution >= 4 is 29.0 Å². The molecule has 1 aliphatic heterocycles. The monoisotopic (exact) mass is 521 g/mol. The predicted octanol–water partition coefficient (Wildman–Crippen LogP) is 3.77. The maximum Gasteiger partial charge on any atom is 0.299 e. The van der Waals surface area contributed by atoms with E-state index in [1.807, 2.05) is 9.30 Å². The molecule has 1 spiro atoms. The van der Waals surface area contributed by atoms with Crippen LogP contribution < -0.4 is 11.1 Å². The zero-order chi connectivity index (χ0) is 26.9. The molecule has 4 heterocycles. The Morgan fingerprint density at radius 1 is 1.15 bits per heavy atom. The molecule has 3 aliphatic rings. The number of carbonyl (C=O) groups excluding carboxylic acids is 2. The van der Waals surface area contributed by atoms with Crippen LogP contribution in [0.2, 0.25) is 0 Å². The summed E-state index contributed by atoms with van der Waals surface area (Å²) in [4.78, 5) is 41.1. The van der Waals surface area contributed by atoms with Crippen LogP contribution in [0.4, 0.5) is 16.0 Å². The molecule has 2 saturated carbocycles. The highest BCUT2D eigenvalue weighted by molar-refractivity contribution is 6.04. The molecule has 2 aliphatic carbocycles. The molecule has 4 aromatic rings. The van der Waals surface area contributed by atoms with Crippen LogP contribution in [0.25, 0.3) is 16.8 Å². The number of nitrogens with two attached hydrogens (primary N) is 1. The van der Waals surface area contributed by atoms with E-state index < -0.39 is 17.3 Å². The molecule has 39 heavy (non-hydrogen) atoms. The lowest BCUT2D eigenvalue weighted by molar-refractivity contribution is -0.124. The number of nitrogens with one attached hydrogen (secondary N) is 1. The fraction of sp³-hybridized carbons (Fsp3) is 0.276. The number of halogens is 1. The molecule has 3 aromatic heterocycles. The second-order valence-corrected chi connectivity index (χ2v) is 10.3. The number of anilines is 2. The molecule has 3 fully saturated rings. The second-order valence-electron chi connectivity index (χ2n) is 10.3. The SMILES string of the molecule is CC#CC(=O)N1C2(c3nc(-c4ccc(C(=O)Nc5ccccn5)c(F)c4)c4c(N)nccn34)CCC3CCC312. The summed E-state index contributed by atoms with van der Waals surface area (Å²) in [6, 6.07) is 9.41. The van der Waals surface area contributed by atoms with Crippen LogP contribution in [0.5, 0.6) is 0 Å². The van der Waals surface area contributed by atoms with Gasteiger partial charge < -0.3 is 16.0 Å². The number of benzene rings is 1. The van der Waals surface area contributed by atoms with Gasteiger partial charge in [0.25, 0.3) is 11.8 Å². The maximum atomic E-state index is 15.3. The fourth-order valence-corrected chi connectivity index (χ4v) is 6.98. The standard InChI is InChI=1S/C29H24FN7O2/c1-2-5-22(38)37-28-11-9-18(28)10-12-29(28,37)27-35-23(24-25(31)33-14-15-36(24)27)17-7-8-19(20(30)16-17)26(39)34-21-6-3-4-13-32-21/h3-4,6-8,13-16,18H,9-12H2,1H3,(H2,31,33)(H,32,34,39). The molecule has 7 rings (SSSR count). The Kier molecular flexibility index (Phi) is 4.85. The predicted molar refractivity (Wildman–Crippen MR) is 142 cm³/mol. The number of rotatable bonds is 4. The number of fused-ring (bicyclic) bond motifs is 1. The van der Waals surface area contributed by atoms with Gasteiger partial charge in [-0.2, -0.15) is 0 Å². The van der Waals surface area contributed by atoms with Gasteiger partial charge in [-0.25, -0.2) is 19.3 Å². The smallest absolute Gasteiger partial charge is 0.299 e. The first kappa shape index (κ1) is 23.3. The van der Waals surface area contributed by atoms with Crippen LogP contribution in [-0.4, -0.2) is 41.6 Å². The van der Waals surface area contributed by atoms with E-state index in [0.29, 0.717) is 34.3 Å². The molecule has 2 amide bonds. The van der Waals surface area contributed by atoms with Crippen molar-refractivity contribution in [2.75, 3.05) is 11.1 Å². The lowest BCUT2D eigenvalue weighted by atomic mass is 9.71. The van der Waals surface area contributed by atoms with E-state index in [2.05, 4.69) is 27.1 Å². The summed E-state index contributed by atoms with van der Waals surface area (Å²) in [7, 11) is 0. The number of nitrogens with zero attached hydrogens (tertiary/aromatic N) is 5. The van der Waals surface area contributed by atoms with Gasteiger partial charge in [0.1, 0.15) is 40.0 Å². The highest BCUT2D eigenvalue weighted by atomic mass is 19.1. The lowest BCUT2D eigenvalue weighted by Crippen LogP contribution is -2.39. The number of hydrogen-bond acceptors (Lipinski definition) is 6. The molecule has 194 valence electrons. The van der Waals surface area contributed by atoms with E-state index in [9.17, 15) is 9.59 Å².